The minimum Gasteiger partial charge on any atom is -0.619 e. The van der Waals surface area contributed by atoms with Crippen molar-refractivity contribution in [2.24, 2.45) is 0 Å². The van der Waals surface area contributed by atoms with E-state index in [9.17, 15) is 19.9 Å². The van der Waals surface area contributed by atoms with Gasteiger partial charge >= 0.3 is 0 Å². The van der Waals surface area contributed by atoms with Gasteiger partial charge in [0.1, 0.15) is 5.56 Å². The average molecular weight is 289 g/mol. The van der Waals surface area contributed by atoms with E-state index in [2.05, 4.69) is 5.32 Å². The number of aliphatic hydroxyl groups is 1. The first-order valence-electron chi connectivity index (χ1n) is 6.37. The van der Waals surface area contributed by atoms with Crippen molar-refractivity contribution in [2.45, 2.75) is 12.6 Å². The summed E-state index contributed by atoms with van der Waals surface area (Å²) >= 11 is 0. The standard InChI is InChI=1S/C14H15N3O4/c18-12(10-16-6-2-1-5-13(16)19)8-15-14(20)11-4-3-7-17(21)9-11/h1-7,9,12,18H,8,10H2,(H,15,20). The average Bonchev–Trinajstić information content (AvgIpc) is 2.47. The Morgan fingerprint density at radius 3 is 2.90 bits per heavy atom. The van der Waals surface area contributed by atoms with Gasteiger partial charge in [-0.3, -0.25) is 9.59 Å². The van der Waals surface area contributed by atoms with Gasteiger partial charge in [-0.1, -0.05) is 6.07 Å². The zero-order valence-corrected chi connectivity index (χ0v) is 11.2. The molecule has 2 N–H and O–H groups in total. The molecule has 0 saturated heterocycles. The molecule has 21 heavy (non-hydrogen) atoms. The SMILES string of the molecule is O=C(NCC(O)Cn1ccccc1=O)c1ccc[n+]([O-])c1. The molecule has 2 aromatic rings. The van der Waals surface area contributed by atoms with E-state index < -0.39 is 12.0 Å². The molecule has 1 amide bonds. The molecule has 2 heterocycles. The second-order valence-electron chi connectivity index (χ2n) is 4.51. The number of pyridine rings is 2. The zero-order valence-electron chi connectivity index (χ0n) is 11.2. The van der Waals surface area contributed by atoms with Crippen LogP contribution in [0.15, 0.2) is 53.7 Å². The van der Waals surface area contributed by atoms with Crippen molar-refractivity contribution < 1.29 is 14.6 Å². The molecule has 0 spiro atoms. The van der Waals surface area contributed by atoms with Crippen LogP contribution in [0.5, 0.6) is 0 Å². The highest BCUT2D eigenvalue weighted by Crippen LogP contribution is 1.95. The summed E-state index contributed by atoms with van der Waals surface area (Å²) in [6.45, 7) is 0.0597. The van der Waals surface area contributed by atoms with Crippen LogP contribution < -0.4 is 15.6 Å². The van der Waals surface area contributed by atoms with E-state index in [1.54, 1.807) is 18.3 Å². The van der Waals surface area contributed by atoms with Crippen molar-refractivity contribution in [3.63, 3.8) is 0 Å². The second-order valence-corrected chi connectivity index (χ2v) is 4.51. The molecule has 0 radical (unpaired) electrons. The number of rotatable bonds is 5. The van der Waals surface area contributed by atoms with Crippen molar-refractivity contribution in [1.82, 2.24) is 9.88 Å². The molecule has 0 fully saturated rings. The van der Waals surface area contributed by atoms with Gasteiger partial charge in [0.15, 0.2) is 12.4 Å². The van der Waals surface area contributed by atoms with Gasteiger partial charge < -0.3 is 20.2 Å². The Morgan fingerprint density at radius 2 is 2.19 bits per heavy atom. The first-order chi connectivity index (χ1) is 10.1. The number of carbonyl (C=O) groups excluding carboxylic acids is 1. The van der Waals surface area contributed by atoms with Gasteiger partial charge in [0.25, 0.3) is 11.5 Å². The molecule has 0 saturated carbocycles. The van der Waals surface area contributed by atoms with Gasteiger partial charge in [-0.15, -0.1) is 0 Å². The van der Waals surface area contributed by atoms with Crippen LogP contribution in [0.3, 0.4) is 0 Å². The molecule has 2 rings (SSSR count). The third-order valence-electron chi connectivity index (χ3n) is 2.84. The summed E-state index contributed by atoms with van der Waals surface area (Å²) in [7, 11) is 0. The van der Waals surface area contributed by atoms with E-state index >= 15 is 0 Å². The molecule has 7 nitrogen and oxygen atoms in total. The topological polar surface area (TPSA) is 98.3 Å². The fraction of sp³-hybridized carbons (Fsp3) is 0.214. The third kappa shape index (κ3) is 4.15. The summed E-state index contributed by atoms with van der Waals surface area (Å²) in [6, 6.07) is 7.65. The van der Waals surface area contributed by atoms with Crippen molar-refractivity contribution in [3.8, 4) is 0 Å². The highest BCUT2D eigenvalue weighted by Gasteiger charge is 2.11. The molecular formula is C14H15N3O4. The number of carbonyl (C=O) groups is 1. The smallest absolute Gasteiger partial charge is 0.257 e. The summed E-state index contributed by atoms with van der Waals surface area (Å²) < 4.78 is 1.87. The van der Waals surface area contributed by atoms with Gasteiger partial charge in [0.05, 0.1) is 12.6 Å². The van der Waals surface area contributed by atoms with Crippen LogP contribution in [0.2, 0.25) is 0 Å². The van der Waals surface area contributed by atoms with Crippen molar-refractivity contribution in [3.05, 3.63) is 70.0 Å². The predicted octanol–water partition coefficient (Wildman–Crippen LogP) is -0.727. The Bertz CT molecular complexity index is 684. The largest absolute Gasteiger partial charge is 0.619 e. The van der Waals surface area contributed by atoms with E-state index in [0.29, 0.717) is 4.73 Å². The van der Waals surface area contributed by atoms with Gasteiger partial charge in [0.2, 0.25) is 0 Å². The van der Waals surface area contributed by atoms with E-state index in [1.165, 1.54) is 29.0 Å². The number of aliphatic hydroxyl groups excluding tert-OH is 1. The minimum absolute atomic E-state index is 0.0199. The molecule has 1 atom stereocenters. The quantitative estimate of drug-likeness (QED) is 0.560. The van der Waals surface area contributed by atoms with E-state index in [0.717, 1.165) is 6.20 Å². The fourth-order valence-electron chi connectivity index (χ4n) is 1.80. The molecule has 0 aliphatic carbocycles. The number of amides is 1. The number of nitrogens with one attached hydrogen (secondary N) is 1. The maximum Gasteiger partial charge on any atom is 0.257 e. The summed E-state index contributed by atoms with van der Waals surface area (Å²) in [5.74, 6) is -0.459. The lowest BCUT2D eigenvalue weighted by atomic mass is 10.2. The molecule has 0 aliphatic heterocycles. The van der Waals surface area contributed by atoms with Crippen molar-refractivity contribution >= 4 is 5.91 Å². The van der Waals surface area contributed by atoms with Gasteiger partial charge in [0, 0.05) is 24.9 Å². The fourth-order valence-corrected chi connectivity index (χ4v) is 1.80. The first kappa shape index (κ1) is 14.7. The van der Waals surface area contributed by atoms with E-state index in [4.69, 9.17) is 0 Å². The molecule has 0 aliphatic rings. The summed E-state index contributed by atoms with van der Waals surface area (Å²) in [5.41, 5.74) is -0.0186. The third-order valence-corrected chi connectivity index (χ3v) is 2.84. The van der Waals surface area contributed by atoms with Crippen LogP contribution in [0, 0.1) is 5.21 Å². The summed E-state index contributed by atoms with van der Waals surface area (Å²) in [4.78, 5) is 23.3. The first-order valence-corrected chi connectivity index (χ1v) is 6.37. The Kier molecular flexibility index (Phi) is 4.68. The molecule has 2 aromatic heterocycles. The van der Waals surface area contributed by atoms with Crippen LogP contribution in [0.4, 0.5) is 0 Å². The molecular weight excluding hydrogens is 274 g/mol. The van der Waals surface area contributed by atoms with Gasteiger partial charge in [-0.05, 0) is 12.1 Å². The number of aromatic nitrogens is 2. The maximum absolute atomic E-state index is 11.8. The number of hydrogen-bond donors (Lipinski definition) is 2. The van der Waals surface area contributed by atoms with Crippen LogP contribution in [0.1, 0.15) is 10.4 Å². The molecule has 7 heteroatoms. The minimum atomic E-state index is -0.905. The normalized spacial score (nSPS) is 11.9. The van der Waals surface area contributed by atoms with Crippen molar-refractivity contribution in [1.29, 1.82) is 0 Å². The molecule has 0 bridgehead atoms. The lowest BCUT2D eigenvalue weighted by molar-refractivity contribution is -0.605. The number of hydrogen-bond acceptors (Lipinski definition) is 4. The maximum atomic E-state index is 11.8. The van der Waals surface area contributed by atoms with E-state index in [1.807, 2.05) is 0 Å². The zero-order chi connectivity index (χ0) is 15.2. The lowest BCUT2D eigenvalue weighted by Crippen LogP contribution is -2.37. The Morgan fingerprint density at radius 1 is 1.38 bits per heavy atom. The Hall–Kier alpha value is -2.67. The Balaban J connectivity index is 1.89. The van der Waals surface area contributed by atoms with Gasteiger partial charge in [-0.2, -0.15) is 4.73 Å². The highest BCUT2D eigenvalue weighted by molar-refractivity contribution is 5.93. The lowest BCUT2D eigenvalue weighted by Gasteiger charge is -2.13. The van der Waals surface area contributed by atoms with Crippen molar-refractivity contribution in [2.75, 3.05) is 6.54 Å². The van der Waals surface area contributed by atoms with Crippen LogP contribution in [0.25, 0.3) is 0 Å². The summed E-state index contributed by atoms with van der Waals surface area (Å²) in [5, 5.41) is 23.4. The second kappa shape index (κ2) is 6.67. The molecule has 1 unspecified atom stereocenters. The van der Waals surface area contributed by atoms with Crippen LogP contribution in [-0.2, 0) is 6.54 Å². The molecule has 110 valence electrons. The van der Waals surface area contributed by atoms with Crippen LogP contribution >= 0.6 is 0 Å². The molecule has 0 aromatic carbocycles. The number of nitrogens with zero attached hydrogens (tertiary/aromatic N) is 2. The highest BCUT2D eigenvalue weighted by atomic mass is 16.5. The van der Waals surface area contributed by atoms with E-state index in [-0.39, 0.29) is 24.2 Å². The summed E-state index contributed by atoms with van der Waals surface area (Å²) in [6.07, 6.45) is 3.07. The predicted molar refractivity (Wildman–Crippen MR) is 74.4 cm³/mol. The Labute approximate surface area is 120 Å². The van der Waals surface area contributed by atoms with Gasteiger partial charge in [-0.25, -0.2) is 0 Å². The monoisotopic (exact) mass is 289 g/mol. The van der Waals surface area contributed by atoms with Crippen LogP contribution in [-0.4, -0.2) is 28.2 Å².